The number of halogens is 2. The van der Waals surface area contributed by atoms with Crippen LogP contribution < -0.4 is 10.1 Å². The summed E-state index contributed by atoms with van der Waals surface area (Å²) in [5.74, 6) is 0.601. The van der Waals surface area contributed by atoms with Crippen LogP contribution in [-0.2, 0) is 9.53 Å². The van der Waals surface area contributed by atoms with Crippen LogP contribution in [0.3, 0.4) is 0 Å². The van der Waals surface area contributed by atoms with Crippen LogP contribution in [0.25, 0.3) is 0 Å². The molecule has 1 amide bonds. The van der Waals surface area contributed by atoms with Crippen LogP contribution in [0.5, 0.6) is 5.75 Å². The van der Waals surface area contributed by atoms with E-state index in [1.54, 1.807) is 12.1 Å². The Labute approximate surface area is 158 Å². The molecule has 8 heteroatoms. The first-order valence-corrected chi connectivity index (χ1v) is 9.41. The Bertz CT molecular complexity index is 601. The normalized spacial score (nSPS) is 22.7. The average molecular weight is 383 g/mol. The third-order valence-electron chi connectivity index (χ3n) is 5.22. The number of ether oxygens (including phenoxy) is 2. The minimum Gasteiger partial charge on any atom is -0.435 e. The van der Waals surface area contributed by atoms with Crippen molar-refractivity contribution in [1.82, 2.24) is 9.80 Å². The average Bonchev–Trinajstić information content (AvgIpc) is 3.16. The highest BCUT2D eigenvalue weighted by atomic mass is 19.3. The summed E-state index contributed by atoms with van der Waals surface area (Å²) < 4.78 is 34.1. The van der Waals surface area contributed by atoms with Gasteiger partial charge in [0.25, 0.3) is 0 Å². The van der Waals surface area contributed by atoms with E-state index in [2.05, 4.69) is 19.9 Å². The molecule has 1 aromatic rings. The predicted molar refractivity (Wildman–Crippen MR) is 98.1 cm³/mol. The molecule has 6 nitrogen and oxygen atoms in total. The lowest BCUT2D eigenvalue weighted by molar-refractivity contribution is -0.121. The number of anilines is 1. The van der Waals surface area contributed by atoms with Crippen molar-refractivity contribution in [2.24, 2.45) is 5.92 Å². The van der Waals surface area contributed by atoms with E-state index in [1.807, 2.05) is 6.92 Å². The zero-order valence-electron chi connectivity index (χ0n) is 15.6. The van der Waals surface area contributed by atoms with Crippen molar-refractivity contribution in [3.05, 3.63) is 24.3 Å². The lowest BCUT2D eigenvalue weighted by atomic mass is 10.1. The molecule has 2 fully saturated rings. The van der Waals surface area contributed by atoms with Crippen molar-refractivity contribution >= 4 is 11.6 Å². The Balaban J connectivity index is 1.43. The SMILES string of the molecule is C[C@H](C(=O)Nc1ccc(OC(F)F)cc1)N1CCN(C[C@@H]2CCOC2)CC1. The fourth-order valence-electron chi connectivity index (χ4n) is 3.56. The van der Waals surface area contributed by atoms with Gasteiger partial charge in [-0.1, -0.05) is 0 Å². The number of carbonyl (C=O) groups excluding carboxylic acids is 1. The van der Waals surface area contributed by atoms with Crippen LogP contribution in [0.2, 0.25) is 0 Å². The van der Waals surface area contributed by atoms with Crippen LogP contribution in [-0.4, -0.2) is 74.3 Å². The van der Waals surface area contributed by atoms with E-state index in [-0.39, 0.29) is 17.7 Å². The fourth-order valence-corrected chi connectivity index (χ4v) is 3.56. The van der Waals surface area contributed by atoms with Crippen molar-refractivity contribution in [2.75, 3.05) is 51.3 Å². The van der Waals surface area contributed by atoms with Crippen molar-refractivity contribution in [3.8, 4) is 5.75 Å². The second-order valence-electron chi connectivity index (χ2n) is 7.13. The van der Waals surface area contributed by atoms with E-state index in [1.165, 1.54) is 12.1 Å². The molecule has 1 N–H and O–H groups in total. The summed E-state index contributed by atoms with van der Waals surface area (Å²) >= 11 is 0. The van der Waals surface area contributed by atoms with Gasteiger partial charge in [-0.05, 0) is 43.5 Å². The number of nitrogens with zero attached hydrogens (tertiary/aromatic N) is 2. The second kappa shape index (κ2) is 9.43. The molecular formula is C19H27F2N3O3. The van der Waals surface area contributed by atoms with Crippen LogP contribution in [0.15, 0.2) is 24.3 Å². The van der Waals surface area contributed by atoms with Gasteiger partial charge in [-0.25, -0.2) is 0 Å². The van der Waals surface area contributed by atoms with Crippen LogP contribution >= 0.6 is 0 Å². The van der Waals surface area contributed by atoms with Gasteiger partial charge < -0.3 is 19.7 Å². The van der Waals surface area contributed by atoms with E-state index in [0.717, 1.165) is 52.4 Å². The highest BCUT2D eigenvalue weighted by Gasteiger charge is 2.27. The molecule has 0 aromatic heterocycles. The summed E-state index contributed by atoms with van der Waals surface area (Å²) in [6.45, 7) is 5.45. The van der Waals surface area contributed by atoms with E-state index in [4.69, 9.17) is 4.74 Å². The molecule has 0 saturated carbocycles. The van der Waals surface area contributed by atoms with Crippen molar-refractivity contribution in [2.45, 2.75) is 26.0 Å². The molecule has 0 spiro atoms. The first-order chi connectivity index (χ1) is 13.0. The van der Waals surface area contributed by atoms with Crippen LogP contribution in [0.4, 0.5) is 14.5 Å². The van der Waals surface area contributed by atoms with Gasteiger partial charge in [-0.2, -0.15) is 8.78 Å². The number of rotatable bonds is 7. The van der Waals surface area contributed by atoms with Gasteiger partial charge in [0.15, 0.2) is 0 Å². The largest absolute Gasteiger partial charge is 0.435 e. The van der Waals surface area contributed by atoms with Gasteiger partial charge >= 0.3 is 6.61 Å². The monoisotopic (exact) mass is 383 g/mol. The van der Waals surface area contributed by atoms with Gasteiger partial charge in [0.05, 0.1) is 12.6 Å². The molecule has 27 heavy (non-hydrogen) atoms. The van der Waals surface area contributed by atoms with Gasteiger partial charge in [-0.15, -0.1) is 0 Å². The highest BCUT2D eigenvalue weighted by Crippen LogP contribution is 2.19. The van der Waals surface area contributed by atoms with Gasteiger partial charge in [0.2, 0.25) is 5.91 Å². The maximum absolute atomic E-state index is 12.5. The van der Waals surface area contributed by atoms with Gasteiger partial charge in [-0.3, -0.25) is 9.69 Å². The lowest BCUT2D eigenvalue weighted by Gasteiger charge is -2.38. The molecular weight excluding hydrogens is 356 g/mol. The molecule has 3 rings (SSSR count). The number of nitrogens with one attached hydrogen (secondary N) is 1. The Morgan fingerprint density at radius 1 is 1.26 bits per heavy atom. The Kier molecular flexibility index (Phi) is 6.98. The summed E-state index contributed by atoms with van der Waals surface area (Å²) in [5, 5.41) is 2.84. The zero-order valence-corrected chi connectivity index (χ0v) is 15.6. The highest BCUT2D eigenvalue weighted by molar-refractivity contribution is 5.94. The van der Waals surface area contributed by atoms with E-state index < -0.39 is 6.61 Å². The Morgan fingerprint density at radius 2 is 1.96 bits per heavy atom. The van der Waals surface area contributed by atoms with E-state index in [9.17, 15) is 13.6 Å². The summed E-state index contributed by atoms with van der Waals surface area (Å²) in [4.78, 5) is 17.1. The summed E-state index contributed by atoms with van der Waals surface area (Å²) in [5.41, 5.74) is 0.563. The Morgan fingerprint density at radius 3 is 2.56 bits per heavy atom. The lowest BCUT2D eigenvalue weighted by Crippen LogP contribution is -2.53. The summed E-state index contributed by atoms with van der Waals surface area (Å²) in [6.07, 6.45) is 1.14. The second-order valence-corrected chi connectivity index (χ2v) is 7.13. The predicted octanol–water partition coefficient (Wildman–Crippen LogP) is 2.27. The molecule has 0 bridgehead atoms. The molecule has 0 unspecified atom stereocenters. The number of piperazine rings is 1. The van der Waals surface area contributed by atoms with E-state index >= 15 is 0 Å². The molecule has 0 aliphatic carbocycles. The molecule has 1 aromatic carbocycles. The molecule has 2 aliphatic rings. The fraction of sp³-hybridized carbons (Fsp3) is 0.632. The molecule has 2 saturated heterocycles. The molecule has 2 aliphatic heterocycles. The molecule has 2 atom stereocenters. The maximum Gasteiger partial charge on any atom is 0.387 e. The van der Waals surface area contributed by atoms with Crippen LogP contribution in [0.1, 0.15) is 13.3 Å². The smallest absolute Gasteiger partial charge is 0.387 e. The molecule has 2 heterocycles. The topological polar surface area (TPSA) is 54.0 Å². The number of hydrogen-bond acceptors (Lipinski definition) is 5. The van der Waals surface area contributed by atoms with Crippen molar-refractivity contribution in [3.63, 3.8) is 0 Å². The summed E-state index contributed by atoms with van der Waals surface area (Å²) in [7, 11) is 0. The van der Waals surface area contributed by atoms with Crippen molar-refractivity contribution < 1.29 is 23.0 Å². The number of hydrogen-bond donors (Lipinski definition) is 1. The maximum atomic E-state index is 12.5. The number of alkyl halides is 2. The summed E-state index contributed by atoms with van der Waals surface area (Å²) in [6, 6.07) is 5.70. The molecule has 150 valence electrons. The van der Waals surface area contributed by atoms with Gasteiger partial charge in [0, 0.05) is 45.0 Å². The first-order valence-electron chi connectivity index (χ1n) is 9.41. The van der Waals surface area contributed by atoms with Crippen molar-refractivity contribution in [1.29, 1.82) is 0 Å². The standard InChI is InChI=1S/C19H27F2N3O3/c1-14(18(25)22-16-2-4-17(5-3-16)27-19(20)21)24-9-7-23(8-10-24)12-15-6-11-26-13-15/h2-5,14-15,19H,6-13H2,1H3,(H,22,25)/t14-,15+/m1/s1. The minimum atomic E-state index is -2.86. The van der Waals surface area contributed by atoms with Gasteiger partial charge in [0.1, 0.15) is 5.75 Å². The number of benzene rings is 1. The number of carbonyl (C=O) groups is 1. The third kappa shape index (κ3) is 5.85. The zero-order chi connectivity index (χ0) is 19.2. The Hall–Kier alpha value is -1.77. The third-order valence-corrected chi connectivity index (χ3v) is 5.22. The minimum absolute atomic E-state index is 0.0693. The number of amides is 1. The van der Waals surface area contributed by atoms with E-state index in [0.29, 0.717) is 11.6 Å². The first kappa shape index (κ1) is 20.0. The molecule has 0 radical (unpaired) electrons. The van der Waals surface area contributed by atoms with Crippen LogP contribution in [0, 0.1) is 5.92 Å². The quantitative estimate of drug-likeness (QED) is 0.783.